The van der Waals surface area contributed by atoms with Crippen molar-refractivity contribution in [2.45, 2.75) is 34.2 Å². The van der Waals surface area contributed by atoms with Gasteiger partial charge in [0.25, 0.3) is 5.91 Å². The molecule has 0 heterocycles. The molecule has 180 valence electrons. The van der Waals surface area contributed by atoms with Gasteiger partial charge in [-0.15, -0.1) is 0 Å². The third-order valence-corrected chi connectivity index (χ3v) is 6.72. The number of ether oxygens (including phenoxy) is 1. The van der Waals surface area contributed by atoms with Crippen LogP contribution >= 0.6 is 0 Å². The minimum absolute atomic E-state index is 0.191. The van der Waals surface area contributed by atoms with Gasteiger partial charge < -0.3 is 10.1 Å². The Morgan fingerprint density at radius 1 is 0.912 bits per heavy atom. The lowest BCUT2D eigenvalue weighted by atomic mass is 10.1. The summed E-state index contributed by atoms with van der Waals surface area (Å²) in [6, 6.07) is 18.7. The minimum Gasteiger partial charge on any atom is -0.491 e. The molecule has 3 aromatic carbocycles. The van der Waals surface area contributed by atoms with E-state index in [0.717, 1.165) is 28.0 Å². The van der Waals surface area contributed by atoms with E-state index in [1.165, 1.54) is 16.1 Å². The van der Waals surface area contributed by atoms with Gasteiger partial charge in [-0.3, -0.25) is 9.10 Å². The van der Waals surface area contributed by atoms with Crippen LogP contribution in [-0.4, -0.2) is 33.7 Å². The summed E-state index contributed by atoms with van der Waals surface area (Å²) >= 11 is 0. The maximum Gasteiger partial charge on any atom is 0.251 e. The van der Waals surface area contributed by atoms with Crippen LogP contribution in [0.1, 0.15) is 38.2 Å². The monoisotopic (exact) mass is 480 g/mol. The molecule has 7 heteroatoms. The molecule has 0 aliphatic rings. The number of amides is 1. The quantitative estimate of drug-likeness (QED) is 0.451. The van der Waals surface area contributed by atoms with E-state index < -0.39 is 10.0 Å². The molecule has 0 spiro atoms. The summed E-state index contributed by atoms with van der Waals surface area (Å²) in [7, 11) is -3.49. The van der Waals surface area contributed by atoms with Crippen LogP contribution in [0.15, 0.2) is 60.7 Å². The topological polar surface area (TPSA) is 75.7 Å². The second-order valence-corrected chi connectivity index (χ2v) is 10.5. The fourth-order valence-electron chi connectivity index (χ4n) is 3.88. The third-order valence-electron chi connectivity index (χ3n) is 5.61. The fourth-order valence-corrected chi connectivity index (χ4v) is 4.88. The molecule has 0 fully saturated rings. The molecule has 0 radical (unpaired) electrons. The van der Waals surface area contributed by atoms with E-state index in [4.69, 9.17) is 4.74 Å². The third kappa shape index (κ3) is 6.38. The van der Waals surface area contributed by atoms with Crippen LogP contribution in [0.3, 0.4) is 0 Å². The van der Waals surface area contributed by atoms with E-state index in [9.17, 15) is 13.2 Å². The Morgan fingerprint density at radius 2 is 1.56 bits per heavy atom. The van der Waals surface area contributed by atoms with Gasteiger partial charge in [-0.05, 0) is 68.1 Å². The number of nitrogens with zero attached hydrogens (tertiary/aromatic N) is 1. The fraction of sp³-hybridized carbons (Fsp3) is 0.296. The first-order chi connectivity index (χ1) is 16.1. The van der Waals surface area contributed by atoms with Crippen LogP contribution < -0.4 is 14.4 Å². The van der Waals surface area contributed by atoms with Gasteiger partial charge >= 0.3 is 0 Å². The molecule has 34 heavy (non-hydrogen) atoms. The van der Waals surface area contributed by atoms with Gasteiger partial charge in [-0.25, -0.2) is 8.42 Å². The molecule has 1 N–H and O–H groups in total. The molecule has 0 unspecified atom stereocenters. The second kappa shape index (κ2) is 10.7. The van der Waals surface area contributed by atoms with Crippen molar-refractivity contribution in [3.8, 4) is 5.75 Å². The summed E-state index contributed by atoms with van der Waals surface area (Å²) in [5, 5.41) is 2.86. The van der Waals surface area contributed by atoms with Crippen LogP contribution in [-0.2, 0) is 16.6 Å². The van der Waals surface area contributed by atoms with Crippen LogP contribution in [0.25, 0.3) is 0 Å². The summed E-state index contributed by atoms with van der Waals surface area (Å²) in [5.74, 6) is 0.606. The Morgan fingerprint density at radius 3 is 2.15 bits per heavy atom. The number of nitrogens with one attached hydrogen (secondary N) is 1. The van der Waals surface area contributed by atoms with Gasteiger partial charge in [0.15, 0.2) is 0 Å². The van der Waals surface area contributed by atoms with Crippen molar-refractivity contribution in [3.05, 3.63) is 94.0 Å². The summed E-state index contributed by atoms with van der Waals surface area (Å²) in [6.45, 7) is 8.76. The Balaban J connectivity index is 1.61. The minimum atomic E-state index is -3.49. The predicted octanol–water partition coefficient (Wildman–Crippen LogP) is 4.70. The van der Waals surface area contributed by atoms with Crippen molar-refractivity contribution in [2.24, 2.45) is 0 Å². The number of carbonyl (C=O) groups excluding carboxylic acids is 1. The van der Waals surface area contributed by atoms with E-state index in [1.54, 1.807) is 24.3 Å². The summed E-state index contributed by atoms with van der Waals surface area (Å²) in [5.41, 5.74) is 6.02. The van der Waals surface area contributed by atoms with E-state index in [2.05, 4.69) is 11.4 Å². The lowest BCUT2D eigenvalue weighted by molar-refractivity contribution is 0.0947. The highest BCUT2D eigenvalue weighted by Gasteiger charge is 2.21. The van der Waals surface area contributed by atoms with Gasteiger partial charge in [0.1, 0.15) is 12.4 Å². The van der Waals surface area contributed by atoms with Crippen LogP contribution in [0, 0.1) is 27.7 Å². The lowest BCUT2D eigenvalue weighted by Gasteiger charge is -2.26. The number of para-hydroxylation sites is 1. The number of carbonyl (C=O) groups is 1. The first-order valence-electron chi connectivity index (χ1n) is 11.2. The van der Waals surface area contributed by atoms with Crippen molar-refractivity contribution < 1.29 is 17.9 Å². The van der Waals surface area contributed by atoms with Crippen LogP contribution in [0.5, 0.6) is 5.75 Å². The Kier molecular flexibility index (Phi) is 7.99. The molecule has 0 atom stereocenters. The highest BCUT2D eigenvalue weighted by molar-refractivity contribution is 7.92. The molecule has 0 aromatic heterocycles. The molecule has 0 saturated carbocycles. The number of hydrogen-bond donors (Lipinski definition) is 1. The summed E-state index contributed by atoms with van der Waals surface area (Å²) in [4.78, 5) is 12.5. The van der Waals surface area contributed by atoms with Crippen molar-refractivity contribution in [1.29, 1.82) is 0 Å². The van der Waals surface area contributed by atoms with Crippen molar-refractivity contribution >= 4 is 21.6 Å². The number of rotatable bonds is 9. The standard InChI is InChI=1S/C27H32N2O4S/c1-19-9-14-25(22(4)17-19)33-16-15-28-27(30)24-12-10-23(11-13-24)18-29(34(5,31)32)26-20(2)7-6-8-21(26)3/h6-14,17H,15-16,18H2,1-5H3,(H,28,30). The first kappa shape index (κ1) is 25.3. The van der Waals surface area contributed by atoms with Crippen molar-refractivity contribution in [1.82, 2.24) is 5.32 Å². The van der Waals surface area contributed by atoms with E-state index >= 15 is 0 Å². The maximum absolute atomic E-state index is 12.6. The van der Waals surface area contributed by atoms with Gasteiger partial charge in [0, 0.05) is 5.56 Å². The Bertz CT molecular complexity index is 1250. The molecule has 3 rings (SSSR count). The molecular weight excluding hydrogens is 448 g/mol. The molecule has 0 aliphatic carbocycles. The molecule has 0 saturated heterocycles. The van der Waals surface area contributed by atoms with Crippen molar-refractivity contribution in [3.63, 3.8) is 0 Å². The lowest BCUT2D eigenvalue weighted by Crippen LogP contribution is -2.31. The maximum atomic E-state index is 12.6. The van der Waals surface area contributed by atoms with E-state index in [0.29, 0.717) is 24.4 Å². The zero-order valence-electron chi connectivity index (χ0n) is 20.4. The normalized spacial score (nSPS) is 11.2. The van der Waals surface area contributed by atoms with E-state index in [-0.39, 0.29) is 12.5 Å². The van der Waals surface area contributed by atoms with Gasteiger partial charge in [0.05, 0.1) is 25.0 Å². The molecular formula is C27H32N2O4S. The molecule has 3 aromatic rings. The highest BCUT2D eigenvalue weighted by atomic mass is 32.2. The number of aryl methyl sites for hydroxylation is 4. The summed E-state index contributed by atoms with van der Waals surface area (Å²) < 4.78 is 32.3. The second-order valence-electron chi connectivity index (χ2n) is 8.58. The van der Waals surface area contributed by atoms with Crippen LogP contribution in [0.4, 0.5) is 5.69 Å². The summed E-state index contributed by atoms with van der Waals surface area (Å²) in [6.07, 6.45) is 1.21. The zero-order chi connectivity index (χ0) is 24.9. The van der Waals surface area contributed by atoms with Gasteiger partial charge in [-0.2, -0.15) is 0 Å². The number of sulfonamides is 1. The average molecular weight is 481 g/mol. The predicted molar refractivity (Wildman–Crippen MR) is 137 cm³/mol. The van der Waals surface area contributed by atoms with Gasteiger partial charge in [-0.1, -0.05) is 48.0 Å². The zero-order valence-corrected chi connectivity index (χ0v) is 21.2. The molecule has 6 nitrogen and oxygen atoms in total. The van der Waals surface area contributed by atoms with Crippen LogP contribution in [0.2, 0.25) is 0 Å². The number of hydrogen-bond acceptors (Lipinski definition) is 4. The van der Waals surface area contributed by atoms with Gasteiger partial charge in [0.2, 0.25) is 10.0 Å². The van der Waals surface area contributed by atoms with E-state index in [1.807, 2.05) is 58.0 Å². The number of anilines is 1. The van der Waals surface area contributed by atoms with Crippen molar-refractivity contribution in [2.75, 3.05) is 23.7 Å². The SMILES string of the molecule is Cc1ccc(OCCNC(=O)c2ccc(CN(c3c(C)cccc3C)S(C)(=O)=O)cc2)c(C)c1. The highest BCUT2D eigenvalue weighted by Crippen LogP contribution is 2.28. The molecule has 0 aliphatic heterocycles. The molecule has 1 amide bonds. The number of benzene rings is 3. The Hall–Kier alpha value is -3.32. The molecule has 0 bridgehead atoms. The average Bonchev–Trinajstić information content (AvgIpc) is 2.76. The smallest absolute Gasteiger partial charge is 0.251 e. The Labute approximate surface area is 202 Å². The first-order valence-corrected chi connectivity index (χ1v) is 13.0. The largest absolute Gasteiger partial charge is 0.491 e.